The highest BCUT2D eigenvalue weighted by atomic mass is 79.9. The van der Waals surface area contributed by atoms with E-state index in [9.17, 15) is 5.11 Å². The molecule has 20 heavy (non-hydrogen) atoms. The maximum Gasteiger partial charge on any atom is 0.104 e. The molecule has 0 radical (unpaired) electrons. The van der Waals surface area contributed by atoms with E-state index in [1.807, 2.05) is 25.1 Å². The van der Waals surface area contributed by atoms with Gasteiger partial charge in [-0.3, -0.25) is 0 Å². The number of hydrogen-bond acceptors (Lipinski definition) is 1. The van der Waals surface area contributed by atoms with Crippen LogP contribution in [0.2, 0.25) is 0 Å². The van der Waals surface area contributed by atoms with Gasteiger partial charge >= 0.3 is 0 Å². The molecule has 0 bridgehead atoms. The molecule has 1 unspecified atom stereocenters. The Bertz CT molecular complexity index is 599. The summed E-state index contributed by atoms with van der Waals surface area (Å²) in [4.78, 5) is 0. The maximum absolute atomic E-state index is 10.5. The standard InChI is InChI=1S/C18H19BrO/c1-12-11-16(19)9-10-17(12)18(20)15-7-5-14(6-8-15)13-3-2-4-13/h5-11,13,18,20H,2-4H2,1H3. The van der Waals surface area contributed by atoms with Gasteiger partial charge in [-0.25, -0.2) is 0 Å². The van der Waals surface area contributed by atoms with Gasteiger partial charge in [0.1, 0.15) is 6.10 Å². The Labute approximate surface area is 128 Å². The molecule has 1 nitrogen and oxygen atoms in total. The van der Waals surface area contributed by atoms with Crippen molar-refractivity contribution in [3.8, 4) is 0 Å². The number of aryl methyl sites for hydroxylation is 1. The summed E-state index contributed by atoms with van der Waals surface area (Å²) in [5.41, 5.74) is 4.47. The van der Waals surface area contributed by atoms with Gasteiger partial charge in [0, 0.05) is 4.47 Å². The summed E-state index contributed by atoms with van der Waals surface area (Å²) in [6.07, 6.45) is 3.44. The minimum absolute atomic E-state index is 0.543. The number of benzene rings is 2. The highest BCUT2D eigenvalue weighted by Gasteiger charge is 2.20. The van der Waals surface area contributed by atoms with Gasteiger partial charge in [-0.05, 0) is 60.1 Å². The van der Waals surface area contributed by atoms with Crippen molar-refractivity contribution >= 4 is 15.9 Å². The van der Waals surface area contributed by atoms with Gasteiger partial charge in [-0.15, -0.1) is 0 Å². The predicted molar refractivity (Wildman–Crippen MR) is 86.0 cm³/mol. The van der Waals surface area contributed by atoms with Crippen LogP contribution in [-0.4, -0.2) is 5.11 Å². The fourth-order valence-electron chi connectivity index (χ4n) is 2.82. The van der Waals surface area contributed by atoms with E-state index in [0.717, 1.165) is 27.1 Å². The van der Waals surface area contributed by atoms with Crippen LogP contribution in [0.25, 0.3) is 0 Å². The molecule has 1 N–H and O–H groups in total. The molecule has 0 spiro atoms. The van der Waals surface area contributed by atoms with Crippen molar-refractivity contribution in [2.24, 2.45) is 0 Å². The number of rotatable bonds is 3. The molecule has 0 aromatic heterocycles. The summed E-state index contributed by atoms with van der Waals surface area (Å²) in [6, 6.07) is 14.5. The largest absolute Gasteiger partial charge is 0.384 e. The zero-order chi connectivity index (χ0) is 14.1. The molecule has 1 saturated carbocycles. The third-order valence-electron chi connectivity index (χ3n) is 4.36. The second-order valence-corrected chi connectivity index (χ2v) is 6.61. The van der Waals surface area contributed by atoms with E-state index < -0.39 is 6.10 Å². The maximum atomic E-state index is 10.5. The molecule has 0 amide bonds. The van der Waals surface area contributed by atoms with Crippen LogP contribution >= 0.6 is 15.9 Å². The van der Waals surface area contributed by atoms with Crippen LogP contribution in [0.1, 0.15) is 53.5 Å². The second kappa shape index (κ2) is 5.71. The lowest BCUT2D eigenvalue weighted by molar-refractivity contribution is 0.219. The lowest BCUT2D eigenvalue weighted by Crippen LogP contribution is -2.09. The number of aliphatic hydroxyl groups excluding tert-OH is 1. The van der Waals surface area contributed by atoms with Crippen LogP contribution < -0.4 is 0 Å². The molecule has 2 aromatic rings. The lowest BCUT2D eigenvalue weighted by Gasteiger charge is -2.26. The van der Waals surface area contributed by atoms with E-state index in [1.165, 1.54) is 24.8 Å². The molecule has 2 heteroatoms. The van der Waals surface area contributed by atoms with E-state index in [4.69, 9.17) is 0 Å². The normalized spacial score (nSPS) is 16.8. The highest BCUT2D eigenvalue weighted by Crippen LogP contribution is 2.37. The van der Waals surface area contributed by atoms with Crippen molar-refractivity contribution in [2.45, 2.75) is 38.2 Å². The molecule has 0 aliphatic heterocycles. The predicted octanol–water partition coefficient (Wildman–Crippen LogP) is 5.11. The molecule has 1 fully saturated rings. The summed E-state index contributed by atoms with van der Waals surface area (Å²) in [5.74, 6) is 0.746. The van der Waals surface area contributed by atoms with Crippen molar-refractivity contribution in [3.63, 3.8) is 0 Å². The highest BCUT2D eigenvalue weighted by molar-refractivity contribution is 9.10. The Hall–Kier alpha value is -1.12. The van der Waals surface area contributed by atoms with Crippen LogP contribution in [0.3, 0.4) is 0 Å². The summed E-state index contributed by atoms with van der Waals surface area (Å²) >= 11 is 3.46. The SMILES string of the molecule is Cc1cc(Br)ccc1C(O)c1ccc(C2CCC2)cc1. The minimum Gasteiger partial charge on any atom is -0.384 e. The first kappa shape index (κ1) is 13.8. The summed E-state index contributed by atoms with van der Waals surface area (Å²) in [7, 11) is 0. The first-order chi connectivity index (χ1) is 9.65. The Balaban J connectivity index is 1.84. The Morgan fingerprint density at radius 3 is 2.35 bits per heavy atom. The molecule has 0 heterocycles. The van der Waals surface area contributed by atoms with Gasteiger partial charge < -0.3 is 5.11 Å². The molecule has 3 rings (SSSR count). The summed E-state index contributed by atoms with van der Waals surface area (Å²) in [5, 5.41) is 10.5. The van der Waals surface area contributed by atoms with Crippen LogP contribution in [0, 0.1) is 6.92 Å². The molecular formula is C18H19BrO. The minimum atomic E-state index is -0.543. The number of aliphatic hydroxyl groups is 1. The topological polar surface area (TPSA) is 20.2 Å². The Morgan fingerprint density at radius 2 is 1.80 bits per heavy atom. The number of halogens is 1. The van der Waals surface area contributed by atoms with Crippen molar-refractivity contribution in [3.05, 3.63) is 69.2 Å². The zero-order valence-electron chi connectivity index (χ0n) is 11.6. The summed E-state index contributed by atoms with van der Waals surface area (Å²) in [6.45, 7) is 2.03. The first-order valence-electron chi connectivity index (χ1n) is 7.19. The second-order valence-electron chi connectivity index (χ2n) is 5.70. The van der Waals surface area contributed by atoms with Crippen LogP contribution in [-0.2, 0) is 0 Å². The van der Waals surface area contributed by atoms with Gasteiger partial charge in [-0.2, -0.15) is 0 Å². The van der Waals surface area contributed by atoms with Gasteiger partial charge in [0.15, 0.2) is 0 Å². The molecule has 1 aliphatic rings. The third kappa shape index (κ3) is 2.68. The monoisotopic (exact) mass is 330 g/mol. The molecule has 1 aliphatic carbocycles. The van der Waals surface area contributed by atoms with E-state index in [1.54, 1.807) is 0 Å². The third-order valence-corrected chi connectivity index (χ3v) is 4.85. The average molecular weight is 331 g/mol. The van der Waals surface area contributed by atoms with Gasteiger partial charge in [0.05, 0.1) is 0 Å². The van der Waals surface area contributed by atoms with Crippen LogP contribution in [0.4, 0.5) is 0 Å². The van der Waals surface area contributed by atoms with Gasteiger partial charge in [0.2, 0.25) is 0 Å². The van der Waals surface area contributed by atoms with Crippen molar-refractivity contribution in [1.29, 1.82) is 0 Å². The van der Waals surface area contributed by atoms with Crippen molar-refractivity contribution in [1.82, 2.24) is 0 Å². The smallest absolute Gasteiger partial charge is 0.104 e. The lowest BCUT2D eigenvalue weighted by atomic mass is 9.80. The molecule has 0 saturated heterocycles. The van der Waals surface area contributed by atoms with E-state index in [0.29, 0.717) is 0 Å². The van der Waals surface area contributed by atoms with Crippen LogP contribution in [0.5, 0.6) is 0 Å². The summed E-state index contributed by atoms with van der Waals surface area (Å²) < 4.78 is 1.05. The molecule has 104 valence electrons. The first-order valence-corrected chi connectivity index (χ1v) is 7.98. The fourth-order valence-corrected chi connectivity index (χ4v) is 3.29. The Kier molecular flexibility index (Phi) is 3.95. The zero-order valence-corrected chi connectivity index (χ0v) is 13.2. The molecular weight excluding hydrogens is 312 g/mol. The van der Waals surface area contributed by atoms with Crippen LogP contribution in [0.15, 0.2) is 46.9 Å². The van der Waals surface area contributed by atoms with Crippen molar-refractivity contribution in [2.75, 3.05) is 0 Å². The van der Waals surface area contributed by atoms with E-state index >= 15 is 0 Å². The van der Waals surface area contributed by atoms with Gasteiger partial charge in [0.25, 0.3) is 0 Å². The quantitative estimate of drug-likeness (QED) is 0.829. The number of hydrogen-bond donors (Lipinski definition) is 1. The van der Waals surface area contributed by atoms with E-state index in [-0.39, 0.29) is 0 Å². The molecule has 1 atom stereocenters. The van der Waals surface area contributed by atoms with E-state index in [2.05, 4.69) is 40.2 Å². The molecule has 2 aromatic carbocycles. The Morgan fingerprint density at radius 1 is 1.10 bits per heavy atom. The van der Waals surface area contributed by atoms with Gasteiger partial charge in [-0.1, -0.05) is 52.7 Å². The fraction of sp³-hybridized carbons (Fsp3) is 0.333. The average Bonchev–Trinajstić information content (AvgIpc) is 2.37. The van der Waals surface area contributed by atoms with Crippen molar-refractivity contribution < 1.29 is 5.11 Å².